The highest BCUT2D eigenvalue weighted by Gasteiger charge is 2.31. The zero-order valence-electron chi connectivity index (χ0n) is 16.5. The second kappa shape index (κ2) is 8.60. The molecule has 1 aliphatic rings. The van der Waals surface area contributed by atoms with Crippen LogP contribution in [0.2, 0.25) is 0 Å². The van der Waals surface area contributed by atoms with Crippen LogP contribution < -0.4 is 10.9 Å². The van der Waals surface area contributed by atoms with Gasteiger partial charge in [0.25, 0.3) is 11.5 Å². The summed E-state index contributed by atoms with van der Waals surface area (Å²) in [4.78, 5) is 25.8. The first-order chi connectivity index (χ1) is 13.3. The molecule has 1 unspecified atom stereocenters. The molecule has 4 nitrogen and oxygen atoms in total. The molecule has 0 saturated heterocycles. The summed E-state index contributed by atoms with van der Waals surface area (Å²) < 4.78 is 15.4. The Balaban J connectivity index is 1.98. The molecule has 1 aromatic heterocycles. The van der Waals surface area contributed by atoms with E-state index in [0.717, 1.165) is 31.2 Å². The van der Waals surface area contributed by atoms with Gasteiger partial charge in [-0.2, -0.15) is 0 Å². The van der Waals surface area contributed by atoms with Gasteiger partial charge in [-0.05, 0) is 78.2 Å². The lowest BCUT2D eigenvalue weighted by molar-refractivity contribution is 0.0898. The van der Waals surface area contributed by atoms with Crippen molar-refractivity contribution in [1.29, 1.82) is 0 Å². The van der Waals surface area contributed by atoms with Crippen LogP contribution in [0, 0.1) is 25.6 Å². The smallest absolute Gasteiger partial charge is 0.265 e. The van der Waals surface area contributed by atoms with Crippen LogP contribution >= 0.6 is 15.9 Å². The largest absolute Gasteiger partial charge is 0.345 e. The van der Waals surface area contributed by atoms with Crippen LogP contribution in [0.1, 0.15) is 65.8 Å². The Bertz CT molecular complexity index is 933. The minimum absolute atomic E-state index is 0.109. The molecule has 0 spiro atoms. The summed E-state index contributed by atoms with van der Waals surface area (Å²) in [7, 11) is 0. The number of benzene rings is 1. The normalized spacial score (nSPS) is 15.2. The molecular weight excluding hydrogens is 423 g/mol. The quantitative estimate of drug-likeness (QED) is 0.671. The summed E-state index contributed by atoms with van der Waals surface area (Å²) in [6, 6.07) is 6.19. The van der Waals surface area contributed by atoms with Gasteiger partial charge < -0.3 is 9.88 Å². The van der Waals surface area contributed by atoms with Crippen LogP contribution in [-0.2, 0) is 6.54 Å². The Morgan fingerprint density at radius 2 is 1.93 bits per heavy atom. The van der Waals surface area contributed by atoms with Gasteiger partial charge in [0.15, 0.2) is 0 Å². The summed E-state index contributed by atoms with van der Waals surface area (Å²) in [6.07, 6.45) is 4.03. The first-order valence-electron chi connectivity index (χ1n) is 9.81. The van der Waals surface area contributed by atoms with E-state index < -0.39 is 0 Å². The third-order valence-electron chi connectivity index (χ3n) is 5.72. The van der Waals surface area contributed by atoms with E-state index in [1.807, 2.05) is 13.8 Å². The Kier molecular flexibility index (Phi) is 6.38. The lowest BCUT2D eigenvalue weighted by Crippen LogP contribution is -2.38. The molecule has 1 heterocycles. The first-order valence-corrected chi connectivity index (χ1v) is 10.6. The zero-order valence-corrected chi connectivity index (χ0v) is 18.1. The van der Waals surface area contributed by atoms with Crippen molar-refractivity contribution < 1.29 is 9.18 Å². The molecular formula is C22H26BrFN2O2. The molecule has 1 fully saturated rings. The van der Waals surface area contributed by atoms with Crippen molar-refractivity contribution in [3.05, 3.63) is 67.3 Å². The summed E-state index contributed by atoms with van der Waals surface area (Å²) in [5.41, 5.74) is 2.67. The minimum atomic E-state index is -0.287. The number of aromatic nitrogens is 1. The van der Waals surface area contributed by atoms with Crippen LogP contribution in [0.3, 0.4) is 0 Å². The van der Waals surface area contributed by atoms with Crippen molar-refractivity contribution in [2.45, 2.75) is 59.0 Å². The molecule has 2 aromatic rings. The van der Waals surface area contributed by atoms with Crippen LogP contribution in [-0.4, -0.2) is 10.5 Å². The molecule has 3 rings (SSSR count). The van der Waals surface area contributed by atoms with Crippen molar-refractivity contribution in [3.8, 4) is 0 Å². The number of carbonyl (C=O) groups is 1. The maximum absolute atomic E-state index is 13.4. The van der Waals surface area contributed by atoms with E-state index in [9.17, 15) is 14.0 Å². The number of nitrogens with zero attached hydrogens (tertiary/aromatic N) is 1. The summed E-state index contributed by atoms with van der Waals surface area (Å²) in [5, 5.41) is 3.17. The lowest BCUT2D eigenvalue weighted by Gasteiger charge is -2.35. The van der Waals surface area contributed by atoms with Crippen molar-refractivity contribution in [2.75, 3.05) is 0 Å². The van der Waals surface area contributed by atoms with Crippen LogP contribution in [0.15, 0.2) is 33.5 Å². The molecule has 1 aromatic carbocycles. The van der Waals surface area contributed by atoms with Crippen molar-refractivity contribution >= 4 is 21.8 Å². The zero-order chi connectivity index (χ0) is 20.4. The van der Waals surface area contributed by atoms with Crippen molar-refractivity contribution in [1.82, 2.24) is 9.88 Å². The molecule has 0 aliphatic heterocycles. The van der Waals surface area contributed by atoms with E-state index in [0.29, 0.717) is 33.8 Å². The summed E-state index contributed by atoms with van der Waals surface area (Å²) in [6.45, 7) is 6.18. The van der Waals surface area contributed by atoms with Gasteiger partial charge in [0.2, 0.25) is 0 Å². The van der Waals surface area contributed by atoms with Gasteiger partial charge in [-0.3, -0.25) is 9.59 Å². The fraction of sp³-hybridized carbons (Fsp3) is 0.455. The molecule has 28 heavy (non-hydrogen) atoms. The Morgan fingerprint density at radius 3 is 2.46 bits per heavy atom. The van der Waals surface area contributed by atoms with Crippen LogP contribution in [0.4, 0.5) is 4.39 Å². The van der Waals surface area contributed by atoms with Gasteiger partial charge in [-0.15, -0.1) is 0 Å². The number of pyridine rings is 1. The number of carbonyl (C=O) groups excluding carboxylic acids is 1. The average molecular weight is 449 g/mol. The molecule has 1 atom stereocenters. The molecule has 1 amide bonds. The van der Waals surface area contributed by atoms with Gasteiger partial charge in [-0.25, -0.2) is 4.39 Å². The second-order valence-electron chi connectivity index (χ2n) is 7.55. The van der Waals surface area contributed by atoms with Crippen molar-refractivity contribution in [3.63, 3.8) is 0 Å². The molecule has 0 radical (unpaired) electrons. The number of amides is 1. The Labute approximate surface area is 173 Å². The highest BCUT2D eigenvalue weighted by atomic mass is 79.9. The highest BCUT2D eigenvalue weighted by molar-refractivity contribution is 9.10. The van der Waals surface area contributed by atoms with E-state index in [4.69, 9.17) is 0 Å². The molecule has 1 saturated carbocycles. The predicted molar refractivity (Wildman–Crippen MR) is 112 cm³/mol. The topological polar surface area (TPSA) is 51.1 Å². The molecule has 150 valence electrons. The van der Waals surface area contributed by atoms with E-state index in [-0.39, 0.29) is 23.3 Å². The second-order valence-corrected chi connectivity index (χ2v) is 8.34. The number of halogens is 2. The highest BCUT2D eigenvalue weighted by Crippen LogP contribution is 2.38. The number of hydrogen-bond acceptors (Lipinski definition) is 2. The third kappa shape index (κ3) is 3.93. The van der Waals surface area contributed by atoms with Crippen LogP contribution in [0.5, 0.6) is 0 Å². The van der Waals surface area contributed by atoms with Crippen LogP contribution in [0.25, 0.3) is 0 Å². The molecule has 1 aliphatic carbocycles. The predicted octanol–water partition coefficient (Wildman–Crippen LogP) is 5.05. The van der Waals surface area contributed by atoms with Gasteiger partial charge >= 0.3 is 0 Å². The molecule has 0 bridgehead atoms. The monoisotopic (exact) mass is 448 g/mol. The Hall–Kier alpha value is -1.95. The maximum Gasteiger partial charge on any atom is 0.265 e. The summed E-state index contributed by atoms with van der Waals surface area (Å²) in [5.74, 6) is -0.133. The third-order valence-corrected chi connectivity index (χ3v) is 6.65. The Morgan fingerprint density at radius 1 is 1.29 bits per heavy atom. The summed E-state index contributed by atoms with van der Waals surface area (Å²) >= 11 is 3.37. The van der Waals surface area contributed by atoms with Crippen molar-refractivity contribution in [2.24, 2.45) is 5.92 Å². The van der Waals surface area contributed by atoms with E-state index in [1.165, 1.54) is 12.1 Å². The fourth-order valence-electron chi connectivity index (χ4n) is 3.90. The number of nitrogens with one attached hydrogen (secondary N) is 1. The van der Waals surface area contributed by atoms with Gasteiger partial charge in [0.05, 0.1) is 16.1 Å². The van der Waals surface area contributed by atoms with Gasteiger partial charge in [-0.1, -0.05) is 25.5 Å². The van der Waals surface area contributed by atoms with E-state index in [2.05, 4.69) is 21.2 Å². The lowest BCUT2D eigenvalue weighted by atomic mass is 9.77. The van der Waals surface area contributed by atoms with E-state index in [1.54, 1.807) is 23.6 Å². The average Bonchev–Trinajstić information content (AvgIpc) is 2.62. The SMILES string of the molecule is CCCn1c(C)c(C(=O)NC(c2ccc(F)cc2)C2CCC2)c(C)c(Br)c1=O. The minimum Gasteiger partial charge on any atom is -0.345 e. The fourth-order valence-corrected chi connectivity index (χ4v) is 4.32. The molecule has 6 heteroatoms. The van der Waals surface area contributed by atoms with Gasteiger partial charge in [0.1, 0.15) is 5.82 Å². The van der Waals surface area contributed by atoms with Gasteiger partial charge in [0, 0.05) is 12.2 Å². The maximum atomic E-state index is 13.4. The number of rotatable bonds is 6. The van der Waals surface area contributed by atoms with E-state index >= 15 is 0 Å². The first kappa shape index (κ1) is 20.8. The molecule has 1 N–H and O–H groups in total. The number of hydrogen-bond donors (Lipinski definition) is 1. The standard InChI is InChI=1S/C22H26BrFN2O2/c1-4-12-26-14(3)18(13(2)19(23)22(26)28)21(27)25-20(15-6-5-7-15)16-8-10-17(24)11-9-16/h8-11,15,20H,4-7,12H2,1-3H3,(H,25,27).